The van der Waals surface area contributed by atoms with Crippen molar-refractivity contribution in [2.45, 2.75) is 32.6 Å². The number of aliphatic hydroxyl groups excluding tert-OH is 1. The molecule has 4 rings (SSSR count). The van der Waals surface area contributed by atoms with Gasteiger partial charge < -0.3 is 25.0 Å². The minimum Gasteiger partial charge on any atom is -0.483 e. The summed E-state index contributed by atoms with van der Waals surface area (Å²) in [7, 11) is 0. The van der Waals surface area contributed by atoms with Gasteiger partial charge in [-0.3, -0.25) is 19.3 Å². The zero-order valence-electron chi connectivity index (χ0n) is 17.2. The van der Waals surface area contributed by atoms with E-state index < -0.39 is 0 Å². The summed E-state index contributed by atoms with van der Waals surface area (Å²) in [6.45, 7) is 4.47. The van der Waals surface area contributed by atoms with Crippen LogP contribution in [-0.2, 0) is 14.4 Å². The van der Waals surface area contributed by atoms with Gasteiger partial charge in [0, 0.05) is 43.6 Å². The van der Waals surface area contributed by atoms with Gasteiger partial charge in [0.25, 0.3) is 6.47 Å². The standard InChI is InChI=1S/C19H28N4O4.CH2O2/c1-13-6-16(21-27-13)20-17(25)9-22-7-15-8-23(11-19(15,10-22)12-24)18(26)14-4-2-3-5-14;2-1-3/h6,14-15,24H,2-5,7-12H2,1H3,(H,20,21,25);1H,(H,2,3)/t15-,19+;/m0./s1. The Balaban J connectivity index is 0.000000806. The lowest BCUT2D eigenvalue weighted by molar-refractivity contribution is -0.135. The van der Waals surface area contributed by atoms with Crippen molar-refractivity contribution in [3.05, 3.63) is 11.8 Å². The van der Waals surface area contributed by atoms with Crippen molar-refractivity contribution >= 4 is 24.1 Å². The molecule has 0 spiro atoms. The molecule has 3 heterocycles. The van der Waals surface area contributed by atoms with Crippen molar-refractivity contribution < 1.29 is 29.1 Å². The lowest BCUT2D eigenvalue weighted by Crippen LogP contribution is -2.42. The lowest BCUT2D eigenvalue weighted by atomic mass is 9.82. The maximum atomic E-state index is 12.8. The zero-order chi connectivity index (χ0) is 21.7. The summed E-state index contributed by atoms with van der Waals surface area (Å²) in [4.78, 5) is 37.4. The van der Waals surface area contributed by atoms with Crippen LogP contribution >= 0.6 is 0 Å². The van der Waals surface area contributed by atoms with Crippen LogP contribution in [0.5, 0.6) is 0 Å². The molecule has 0 unspecified atom stereocenters. The summed E-state index contributed by atoms with van der Waals surface area (Å²) >= 11 is 0. The van der Waals surface area contributed by atoms with E-state index in [0.29, 0.717) is 31.2 Å². The molecule has 2 atom stereocenters. The molecule has 2 saturated heterocycles. The molecule has 0 radical (unpaired) electrons. The molecule has 10 nitrogen and oxygen atoms in total. The fourth-order valence-corrected chi connectivity index (χ4v) is 5.04. The number of rotatable bonds is 5. The Morgan fingerprint density at radius 2 is 2.03 bits per heavy atom. The second-order valence-corrected chi connectivity index (χ2v) is 8.56. The molecular weight excluding hydrogens is 392 g/mol. The maximum absolute atomic E-state index is 12.8. The molecule has 1 aliphatic carbocycles. The van der Waals surface area contributed by atoms with E-state index in [2.05, 4.69) is 15.4 Å². The average molecular weight is 422 g/mol. The van der Waals surface area contributed by atoms with E-state index in [-0.39, 0.29) is 48.7 Å². The van der Waals surface area contributed by atoms with E-state index in [4.69, 9.17) is 14.4 Å². The molecule has 3 aliphatic rings. The SMILES string of the molecule is Cc1cc(NC(=O)CN2C[C@H]3CN(C(=O)C4CCCC4)C[C@@]3(CO)C2)no1.O=CO. The van der Waals surface area contributed by atoms with Gasteiger partial charge in [-0.05, 0) is 25.7 Å². The van der Waals surface area contributed by atoms with Crippen LogP contribution in [0.2, 0.25) is 0 Å². The Bertz CT molecular complexity index is 762. The van der Waals surface area contributed by atoms with Gasteiger partial charge in [-0.1, -0.05) is 18.0 Å². The highest BCUT2D eigenvalue weighted by Gasteiger charge is 2.53. The third-order valence-corrected chi connectivity index (χ3v) is 6.42. The highest BCUT2D eigenvalue weighted by molar-refractivity contribution is 5.91. The van der Waals surface area contributed by atoms with Crippen LogP contribution in [0.25, 0.3) is 0 Å². The second-order valence-electron chi connectivity index (χ2n) is 8.56. The number of amides is 2. The molecule has 3 fully saturated rings. The van der Waals surface area contributed by atoms with Crippen LogP contribution in [0.15, 0.2) is 10.6 Å². The van der Waals surface area contributed by atoms with E-state index >= 15 is 0 Å². The van der Waals surface area contributed by atoms with E-state index in [1.54, 1.807) is 13.0 Å². The van der Waals surface area contributed by atoms with E-state index in [9.17, 15) is 14.7 Å². The number of hydrogen-bond donors (Lipinski definition) is 3. The Kier molecular flexibility index (Phi) is 7.09. The topological polar surface area (TPSA) is 136 Å². The first-order valence-electron chi connectivity index (χ1n) is 10.3. The molecular formula is C20H30N4O6. The fourth-order valence-electron chi connectivity index (χ4n) is 5.04. The molecule has 30 heavy (non-hydrogen) atoms. The molecule has 1 aromatic rings. The molecule has 1 aromatic heterocycles. The van der Waals surface area contributed by atoms with Crippen LogP contribution in [0.1, 0.15) is 31.4 Å². The molecule has 2 amide bonds. The number of carboxylic acid groups (broad SMARTS) is 1. The highest BCUT2D eigenvalue weighted by atomic mass is 16.5. The largest absolute Gasteiger partial charge is 0.483 e. The molecule has 0 aromatic carbocycles. The van der Waals surface area contributed by atoms with Crippen molar-refractivity contribution in [2.75, 3.05) is 44.6 Å². The molecule has 1 saturated carbocycles. The smallest absolute Gasteiger partial charge is 0.290 e. The number of nitrogens with one attached hydrogen (secondary N) is 1. The monoisotopic (exact) mass is 422 g/mol. The van der Waals surface area contributed by atoms with Crippen LogP contribution in [0.3, 0.4) is 0 Å². The minimum absolute atomic E-state index is 0.0483. The van der Waals surface area contributed by atoms with E-state index in [1.807, 2.05) is 4.90 Å². The van der Waals surface area contributed by atoms with Gasteiger partial charge >= 0.3 is 0 Å². The summed E-state index contributed by atoms with van der Waals surface area (Å²) < 4.78 is 4.96. The van der Waals surface area contributed by atoms with Crippen LogP contribution in [0.4, 0.5) is 5.82 Å². The zero-order valence-corrected chi connectivity index (χ0v) is 17.2. The number of aromatic nitrogens is 1. The number of aliphatic hydroxyl groups is 1. The second kappa shape index (κ2) is 9.57. The highest BCUT2D eigenvalue weighted by Crippen LogP contribution is 2.43. The predicted molar refractivity (Wildman–Crippen MR) is 107 cm³/mol. The van der Waals surface area contributed by atoms with Crippen molar-refractivity contribution in [1.29, 1.82) is 0 Å². The average Bonchev–Trinajstić information content (AvgIpc) is 3.46. The summed E-state index contributed by atoms with van der Waals surface area (Å²) in [5.41, 5.74) is -0.307. The van der Waals surface area contributed by atoms with Crippen LogP contribution < -0.4 is 5.32 Å². The summed E-state index contributed by atoms with van der Waals surface area (Å²) in [6, 6.07) is 1.68. The number of carbonyl (C=O) groups is 3. The predicted octanol–water partition coefficient (Wildman–Crippen LogP) is 0.565. The number of carbonyl (C=O) groups excluding carboxylic acids is 2. The molecule has 10 heteroatoms. The molecule has 166 valence electrons. The molecule has 3 N–H and O–H groups in total. The van der Waals surface area contributed by atoms with Crippen LogP contribution in [-0.4, -0.2) is 82.8 Å². The van der Waals surface area contributed by atoms with Gasteiger partial charge in [0.1, 0.15) is 5.76 Å². The Labute approximate surface area is 175 Å². The number of nitrogens with zero attached hydrogens (tertiary/aromatic N) is 3. The van der Waals surface area contributed by atoms with Crippen molar-refractivity contribution in [1.82, 2.24) is 15.0 Å². The van der Waals surface area contributed by atoms with Crippen molar-refractivity contribution in [3.8, 4) is 0 Å². The number of aryl methyl sites for hydroxylation is 1. The maximum Gasteiger partial charge on any atom is 0.290 e. The lowest BCUT2D eigenvalue weighted by Gasteiger charge is -2.28. The van der Waals surface area contributed by atoms with Gasteiger partial charge in [0.15, 0.2) is 5.82 Å². The first kappa shape index (κ1) is 22.2. The number of likely N-dealkylation sites (tertiary alicyclic amines) is 2. The minimum atomic E-state index is -0.307. The third kappa shape index (κ3) is 4.81. The Hall–Kier alpha value is -2.46. The number of fused-ring (bicyclic) bond motifs is 1. The molecule has 0 bridgehead atoms. The number of hydrogen-bond acceptors (Lipinski definition) is 7. The fraction of sp³-hybridized carbons (Fsp3) is 0.700. The van der Waals surface area contributed by atoms with Crippen LogP contribution in [0, 0.1) is 24.2 Å². The Morgan fingerprint density at radius 1 is 1.33 bits per heavy atom. The third-order valence-electron chi connectivity index (χ3n) is 6.42. The number of anilines is 1. The molecule has 2 aliphatic heterocycles. The van der Waals surface area contributed by atoms with E-state index in [0.717, 1.165) is 32.2 Å². The van der Waals surface area contributed by atoms with Gasteiger partial charge in [0.2, 0.25) is 11.8 Å². The quantitative estimate of drug-likeness (QED) is 0.586. The normalized spacial score (nSPS) is 26.2. The van der Waals surface area contributed by atoms with Gasteiger partial charge in [-0.2, -0.15) is 0 Å². The van der Waals surface area contributed by atoms with Crippen molar-refractivity contribution in [3.63, 3.8) is 0 Å². The van der Waals surface area contributed by atoms with Gasteiger partial charge in [-0.25, -0.2) is 0 Å². The van der Waals surface area contributed by atoms with E-state index in [1.165, 1.54) is 0 Å². The first-order chi connectivity index (χ1) is 14.4. The van der Waals surface area contributed by atoms with Gasteiger partial charge in [-0.15, -0.1) is 0 Å². The summed E-state index contributed by atoms with van der Waals surface area (Å²) in [6.07, 6.45) is 4.29. The summed E-state index contributed by atoms with van der Waals surface area (Å²) in [5, 5.41) is 23.5. The van der Waals surface area contributed by atoms with Gasteiger partial charge in [0.05, 0.1) is 13.2 Å². The Morgan fingerprint density at radius 3 is 2.60 bits per heavy atom. The summed E-state index contributed by atoms with van der Waals surface area (Å²) in [5.74, 6) is 1.58. The van der Waals surface area contributed by atoms with Crippen molar-refractivity contribution in [2.24, 2.45) is 17.3 Å². The first-order valence-corrected chi connectivity index (χ1v) is 10.3.